The van der Waals surface area contributed by atoms with E-state index in [9.17, 15) is 18.0 Å². The second-order valence-corrected chi connectivity index (χ2v) is 5.24. The maximum atomic E-state index is 14.2. The minimum absolute atomic E-state index is 0.212. The van der Waals surface area contributed by atoms with Crippen molar-refractivity contribution in [3.63, 3.8) is 0 Å². The molecule has 106 valence electrons. The highest BCUT2D eigenvalue weighted by Gasteiger charge is 2.34. The maximum absolute atomic E-state index is 14.2. The van der Waals surface area contributed by atoms with Crippen LogP contribution >= 0.6 is 22.6 Å². The summed E-state index contributed by atoms with van der Waals surface area (Å²) < 4.78 is 49.3. The Balaban J connectivity index is 2.41. The van der Waals surface area contributed by atoms with Gasteiger partial charge in [-0.05, 0) is 52.9 Å². The maximum Gasteiger partial charge on any atom is 0.333 e. The molecule has 0 spiro atoms. The Bertz CT molecular complexity index is 661. The molecule has 2 unspecified atom stereocenters. The molecule has 2 rings (SSSR count). The van der Waals surface area contributed by atoms with Crippen LogP contribution in [0.3, 0.4) is 0 Å². The molecule has 2 N–H and O–H groups in total. The SMILES string of the molecule is [2H]C1(F)C(F)=CC=C(C(=O)O)C1Nc1ccc(I)cc1F. The number of carboxylic acids is 1. The summed E-state index contributed by atoms with van der Waals surface area (Å²) in [5.74, 6) is -3.72. The second-order valence-electron chi connectivity index (χ2n) is 3.99. The Labute approximate surface area is 127 Å². The summed E-state index contributed by atoms with van der Waals surface area (Å²) in [4.78, 5) is 11.1. The third-order valence-corrected chi connectivity index (χ3v) is 3.35. The molecule has 1 aromatic carbocycles. The van der Waals surface area contributed by atoms with Crippen molar-refractivity contribution in [2.45, 2.75) is 12.2 Å². The number of carboxylic acid groups (broad SMARTS) is 1. The summed E-state index contributed by atoms with van der Waals surface area (Å²) in [5.41, 5.74) is -0.775. The molecule has 0 saturated carbocycles. The Morgan fingerprint density at radius 2 is 2.10 bits per heavy atom. The van der Waals surface area contributed by atoms with E-state index in [0.29, 0.717) is 9.65 Å². The van der Waals surface area contributed by atoms with E-state index in [4.69, 9.17) is 6.48 Å². The first kappa shape index (κ1) is 13.5. The predicted octanol–water partition coefficient (Wildman–Crippen LogP) is 3.43. The molecule has 0 saturated heterocycles. The number of halogens is 4. The molecule has 3 nitrogen and oxygen atoms in total. The summed E-state index contributed by atoms with van der Waals surface area (Å²) in [6.07, 6.45) is -1.90. The molecule has 1 aliphatic rings. The minimum Gasteiger partial charge on any atom is -0.478 e. The quantitative estimate of drug-likeness (QED) is 0.770. The first-order valence-electron chi connectivity index (χ1n) is 5.95. The molecule has 2 atom stereocenters. The van der Waals surface area contributed by atoms with Gasteiger partial charge in [-0.25, -0.2) is 18.0 Å². The standard InChI is InChI=1S/C13H9F3INO2/c14-8-3-2-7(13(19)20)12(11(8)16)18-10-4-1-6(17)5-9(10)15/h1-5,11-12,18H,(H,19,20)/i11D. The van der Waals surface area contributed by atoms with Gasteiger partial charge in [0.15, 0.2) is 6.15 Å². The number of hydrogen-bond donors (Lipinski definition) is 2. The van der Waals surface area contributed by atoms with Crippen molar-refractivity contribution in [1.29, 1.82) is 0 Å². The number of alkyl halides is 1. The fourth-order valence-electron chi connectivity index (χ4n) is 1.71. The van der Waals surface area contributed by atoms with Crippen molar-refractivity contribution < 1.29 is 24.4 Å². The first-order chi connectivity index (χ1) is 9.73. The highest BCUT2D eigenvalue weighted by atomic mass is 127. The molecular formula is C13H9F3INO2. The number of nitrogens with one attached hydrogen (secondary N) is 1. The summed E-state index contributed by atoms with van der Waals surface area (Å²) in [6.45, 7) is 0. The van der Waals surface area contributed by atoms with Crippen LogP contribution in [0, 0.1) is 9.39 Å². The van der Waals surface area contributed by atoms with Gasteiger partial charge in [0.1, 0.15) is 11.6 Å². The molecule has 7 heteroatoms. The highest BCUT2D eigenvalue weighted by molar-refractivity contribution is 14.1. The van der Waals surface area contributed by atoms with Crippen LogP contribution < -0.4 is 5.32 Å². The molecule has 0 amide bonds. The molecular weight excluding hydrogens is 386 g/mol. The van der Waals surface area contributed by atoms with Crippen LogP contribution in [0.25, 0.3) is 0 Å². The Kier molecular flexibility index (Phi) is 3.95. The average Bonchev–Trinajstić information content (AvgIpc) is 2.37. The van der Waals surface area contributed by atoms with Gasteiger partial charge < -0.3 is 10.4 Å². The van der Waals surface area contributed by atoms with Gasteiger partial charge in [-0.1, -0.05) is 0 Å². The van der Waals surface area contributed by atoms with E-state index in [1.54, 1.807) is 0 Å². The van der Waals surface area contributed by atoms with E-state index in [-0.39, 0.29) is 5.69 Å². The van der Waals surface area contributed by atoms with E-state index in [0.717, 1.165) is 12.1 Å². The lowest BCUT2D eigenvalue weighted by Gasteiger charge is -2.25. The fraction of sp³-hybridized carbons (Fsp3) is 0.154. The largest absolute Gasteiger partial charge is 0.478 e. The van der Waals surface area contributed by atoms with E-state index in [1.165, 1.54) is 12.1 Å². The van der Waals surface area contributed by atoms with Crippen molar-refractivity contribution >= 4 is 34.2 Å². The van der Waals surface area contributed by atoms with E-state index < -0.39 is 35.4 Å². The summed E-state index contributed by atoms with van der Waals surface area (Å²) in [5, 5.41) is 11.3. The van der Waals surface area contributed by atoms with Gasteiger partial charge >= 0.3 is 5.97 Å². The van der Waals surface area contributed by atoms with Gasteiger partial charge in [-0.2, -0.15) is 0 Å². The lowest BCUT2D eigenvalue weighted by Crippen LogP contribution is -2.38. The number of hydrogen-bond acceptors (Lipinski definition) is 2. The van der Waals surface area contributed by atoms with Crippen molar-refractivity contribution in [3.8, 4) is 0 Å². The topological polar surface area (TPSA) is 49.3 Å². The summed E-state index contributed by atoms with van der Waals surface area (Å²) >= 11 is 1.86. The van der Waals surface area contributed by atoms with Gasteiger partial charge in [-0.3, -0.25) is 0 Å². The first-order valence-corrected chi connectivity index (χ1v) is 6.53. The van der Waals surface area contributed by atoms with Crippen LogP contribution in [0.4, 0.5) is 18.9 Å². The van der Waals surface area contributed by atoms with Crippen LogP contribution in [0.2, 0.25) is 0 Å². The molecule has 0 aromatic heterocycles. The minimum atomic E-state index is -3.34. The highest BCUT2D eigenvalue weighted by Crippen LogP contribution is 2.28. The fourth-order valence-corrected chi connectivity index (χ4v) is 2.16. The Morgan fingerprint density at radius 3 is 2.70 bits per heavy atom. The number of aliphatic carboxylic acids is 1. The molecule has 0 heterocycles. The van der Waals surface area contributed by atoms with E-state index in [2.05, 4.69) is 5.32 Å². The number of carbonyl (C=O) groups is 1. The summed E-state index contributed by atoms with van der Waals surface area (Å²) in [6, 6.07) is 2.05. The Hall–Kier alpha value is -1.51. The van der Waals surface area contributed by atoms with Crippen molar-refractivity contribution in [2.75, 3.05) is 5.32 Å². The molecule has 0 bridgehead atoms. The van der Waals surface area contributed by atoms with Crippen molar-refractivity contribution in [2.24, 2.45) is 0 Å². The van der Waals surface area contributed by atoms with E-state index in [1.807, 2.05) is 22.6 Å². The number of anilines is 1. The van der Waals surface area contributed by atoms with Crippen molar-refractivity contribution in [1.82, 2.24) is 0 Å². The molecule has 0 radical (unpaired) electrons. The monoisotopic (exact) mass is 396 g/mol. The van der Waals surface area contributed by atoms with E-state index >= 15 is 0 Å². The third-order valence-electron chi connectivity index (χ3n) is 2.68. The zero-order valence-electron chi connectivity index (χ0n) is 10.8. The average molecular weight is 396 g/mol. The smallest absolute Gasteiger partial charge is 0.333 e. The molecule has 1 aromatic rings. The molecule has 0 aliphatic heterocycles. The van der Waals surface area contributed by atoms with Gasteiger partial charge in [0.2, 0.25) is 0 Å². The Morgan fingerprint density at radius 1 is 1.40 bits per heavy atom. The number of allylic oxidation sites excluding steroid dienone is 2. The predicted molar refractivity (Wildman–Crippen MR) is 76.3 cm³/mol. The van der Waals surface area contributed by atoms with Gasteiger partial charge in [0.25, 0.3) is 0 Å². The van der Waals surface area contributed by atoms with Crippen LogP contribution in [-0.2, 0) is 4.79 Å². The number of benzene rings is 1. The number of rotatable bonds is 3. The normalized spacial score (nSPS) is 26.4. The van der Waals surface area contributed by atoms with Gasteiger partial charge in [0.05, 0.1) is 18.7 Å². The zero-order valence-corrected chi connectivity index (χ0v) is 12.0. The molecule has 1 aliphatic carbocycles. The second kappa shape index (κ2) is 5.86. The van der Waals surface area contributed by atoms with Crippen LogP contribution in [-0.4, -0.2) is 23.3 Å². The third kappa shape index (κ3) is 2.97. The van der Waals surface area contributed by atoms with Crippen LogP contribution in [0.5, 0.6) is 0 Å². The lowest BCUT2D eigenvalue weighted by atomic mass is 9.96. The summed E-state index contributed by atoms with van der Waals surface area (Å²) in [7, 11) is 0. The van der Waals surface area contributed by atoms with Crippen molar-refractivity contribution in [3.05, 3.63) is 51.1 Å². The van der Waals surface area contributed by atoms with Crippen LogP contribution in [0.15, 0.2) is 41.8 Å². The lowest BCUT2D eigenvalue weighted by molar-refractivity contribution is -0.133. The molecule has 20 heavy (non-hydrogen) atoms. The van der Waals surface area contributed by atoms with Gasteiger partial charge in [-0.15, -0.1) is 0 Å². The zero-order chi connectivity index (χ0) is 15.8. The van der Waals surface area contributed by atoms with Gasteiger partial charge in [0, 0.05) is 3.57 Å². The molecule has 0 fully saturated rings. The van der Waals surface area contributed by atoms with Crippen LogP contribution in [0.1, 0.15) is 1.37 Å².